The molecular weight excluding hydrogens is 366 g/mol. The first-order valence-corrected chi connectivity index (χ1v) is 10.2. The number of hydrogen-bond donors (Lipinski definition) is 1. The second-order valence-corrected chi connectivity index (χ2v) is 7.33. The van der Waals surface area contributed by atoms with Gasteiger partial charge in [-0.3, -0.25) is 14.6 Å². The summed E-state index contributed by atoms with van der Waals surface area (Å²) in [5.74, 6) is 1.43. The molecule has 1 heterocycles. The van der Waals surface area contributed by atoms with Crippen LogP contribution in [-0.4, -0.2) is 68.7 Å². The van der Waals surface area contributed by atoms with Crippen molar-refractivity contribution in [3.63, 3.8) is 0 Å². The molecule has 1 amide bonds. The van der Waals surface area contributed by atoms with Crippen LogP contribution in [-0.2, 0) is 11.3 Å². The Hall–Kier alpha value is -2.57. The van der Waals surface area contributed by atoms with Gasteiger partial charge < -0.3 is 14.8 Å². The predicted octanol–water partition coefficient (Wildman–Crippen LogP) is 2.32. The van der Waals surface area contributed by atoms with E-state index in [2.05, 4.69) is 46.3 Å². The molecule has 0 bridgehead atoms. The number of aryl methyl sites for hydroxylation is 1. The van der Waals surface area contributed by atoms with Crippen LogP contribution in [0.1, 0.15) is 11.1 Å². The van der Waals surface area contributed by atoms with Crippen molar-refractivity contribution in [3.05, 3.63) is 59.7 Å². The predicted molar refractivity (Wildman–Crippen MR) is 114 cm³/mol. The number of carbonyl (C=O) groups excluding carboxylic acids is 1. The first-order chi connectivity index (χ1) is 14.2. The zero-order valence-corrected chi connectivity index (χ0v) is 17.4. The molecule has 0 saturated carbocycles. The quantitative estimate of drug-likeness (QED) is 0.658. The van der Waals surface area contributed by atoms with Crippen molar-refractivity contribution in [1.82, 2.24) is 15.1 Å². The molecule has 1 aliphatic heterocycles. The van der Waals surface area contributed by atoms with Crippen molar-refractivity contribution in [2.45, 2.75) is 13.5 Å². The first-order valence-electron chi connectivity index (χ1n) is 10.2. The Morgan fingerprint density at radius 2 is 1.62 bits per heavy atom. The van der Waals surface area contributed by atoms with Gasteiger partial charge in [0.1, 0.15) is 6.61 Å². The van der Waals surface area contributed by atoms with Crippen molar-refractivity contribution in [2.75, 3.05) is 53.0 Å². The van der Waals surface area contributed by atoms with Crippen LogP contribution in [0.25, 0.3) is 0 Å². The van der Waals surface area contributed by atoms with Crippen LogP contribution in [0.5, 0.6) is 11.5 Å². The highest BCUT2D eigenvalue weighted by Gasteiger charge is 2.19. The molecule has 0 aliphatic carbocycles. The van der Waals surface area contributed by atoms with Gasteiger partial charge in [-0.2, -0.15) is 0 Å². The molecule has 6 nitrogen and oxygen atoms in total. The van der Waals surface area contributed by atoms with Crippen molar-refractivity contribution in [2.24, 2.45) is 0 Å². The number of piperazine rings is 1. The highest BCUT2D eigenvalue weighted by atomic mass is 16.5. The number of nitrogens with one attached hydrogen (secondary N) is 1. The van der Waals surface area contributed by atoms with Crippen LogP contribution in [0, 0.1) is 6.92 Å². The minimum Gasteiger partial charge on any atom is -0.493 e. The van der Waals surface area contributed by atoms with Crippen LogP contribution in [0.4, 0.5) is 0 Å². The number of rotatable bonds is 9. The molecule has 1 N–H and O–H groups in total. The maximum atomic E-state index is 12.2. The number of benzene rings is 2. The van der Waals surface area contributed by atoms with E-state index < -0.39 is 0 Å². The van der Waals surface area contributed by atoms with Crippen LogP contribution in [0.3, 0.4) is 0 Å². The smallest absolute Gasteiger partial charge is 0.234 e. The third-order valence-corrected chi connectivity index (χ3v) is 5.24. The average Bonchev–Trinajstić information content (AvgIpc) is 2.74. The fourth-order valence-electron chi connectivity index (χ4n) is 3.48. The Kier molecular flexibility index (Phi) is 7.90. The molecule has 0 radical (unpaired) electrons. The van der Waals surface area contributed by atoms with E-state index in [1.807, 2.05) is 24.3 Å². The number of nitrogens with zero attached hydrogens (tertiary/aromatic N) is 2. The summed E-state index contributed by atoms with van der Waals surface area (Å²) < 4.78 is 10.9. The summed E-state index contributed by atoms with van der Waals surface area (Å²) in [7, 11) is 1.62. The summed E-state index contributed by atoms with van der Waals surface area (Å²) in [4.78, 5) is 16.9. The van der Waals surface area contributed by atoms with E-state index in [1.54, 1.807) is 7.11 Å². The minimum absolute atomic E-state index is 0.0426. The Morgan fingerprint density at radius 1 is 0.966 bits per heavy atom. The molecule has 29 heavy (non-hydrogen) atoms. The van der Waals surface area contributed by atoms with Gasteiger partial charge in [0, 0.05) is 32.7 Å². The van der Waals surface area contributed by atoms with Crippen LogP contribution in [0.2, 0.25) is 0 Å². The molecule has 0 atom stereocenters. The number of hydrogen-bond acceptors (Lipinski definition) is 5. The lowest BCUT2D eigenvalue weighted by molar-refractivity contribution is -0.122. The highest BCUT2D eigenvalue weighted by Crippen LogP contribution is 2.25. The third-order valence-electron chi connectivity index (χ3n) is 5.24. The molecule has 1 saturated heterocycles. The van der Waals surface area contributed by atoms with Crippen LogP contribution < -0.4 is 14.8 Å². The van der Waals surface area contributed by atoms with E-state index in [1.165, 1.54) is 11.1 Å². The summed E-state index contributed by atoms with van der Waals surface area (Å²) in [5, 5.41) is 2.94. The van der Waals surface area contributed by atoms with Gasteiger partial charge in [0.25, 0.3) is 0 Å². The van der Waals surface area contributed by atoms with Crippen molar-refractivity contribution >= 4 is 5.91 Å². The highest BCUT2D eigenvalue weighted by molar-refractivity contribution is 5.78. The van der Waals surface area contributed by atoms with E-state index >= 15 is 0 Å². The van der Waals surface area contributed by atoms with Gasteiger partial charge in [0.15, 0.2) is 11.5 Å². The van der Waals surface area contributed by atoms with Crippen LogP contribution >= 0.6 is 0 Å². The Labute approximate surface area is 173 Å². The minimum atomic E-state index is 0.0426. The Bertz CT molecular complexity index is 788. The van der Waals surface area contributed by atoms with Crippen molar-refractivity contribution in [3.8, 4) is 11.5 Å². The maximum Gasteiger partial charge on any atom is 0.234 e. The van der Waals surface area contributed by atoms with Gasteiger partial charge in [-0.05, 0) is 30.2 Å². The van der Waals surface area contributed by atoms with Crippen molar-refractivity contribution < 1.29 is 14.3 Å². The summed E-state index contributed by atoms with van der Waals surface area (Å²) in [6, 6.07) is 16.0. The topological polar surface area (TPSA) is 54.0 Å². The second-order valence-electron chi connectivity index (χ2n) is 7.33. The fourth-order valence-corrected chi connectivity index (χ4v) is 3.48. The number of methoxy groups -OCH3 is 1. The third kappa shape index (κ3) is 6.48. The molecular formula is C23H31N3O3. The molecule has 2 aromatic carbocycles. The zero-order chi connectivity index (χ0) is 20.5. The number of ether oxygens (including phenoxy) is 2. The van der Waals surface area contributed by atoms with Crippen molar-refractivity contribution in [1.29, 1.82) is 0 Å². The van der Waals surface area contributed by atoms with E-state index in [4.69, 9.17) is 9.47 Å². The number of amides is 1. The normalized spacial score (nSPS) is 15.1. The van der Waals surface area contributed by atoms with Gasteiger partial charge in [-0.25, -0.2) is 0 Å². The first kappa shape index (κ1) is 21.1. The molecule has 6 heteroatoms. The molecule has 0 spiro atoms. The fraction of sp³-hybridized carbons (Fsp3) is 0.435. The molecule has 3 rings (SSSR count). The van der Waals surface area contributed by atoms with Gasteiger partial charge in [-0.15, -0.1) is 0 Å². The van der Waals surface area contributed by atoms with E-state index in [-0.39, 0.29) is 5.91 Å². The summed E-state index contributed by atoms with van der Waals surface area (Å²) in [5.41, 5.74) is 2.72. The molecule has 1 aliphatic rings. The molecule has 156 valence electrons. The monoisotopic (exact) mass is 397 g/mol. The Morgan fingerprint density at radius 3 is 2.34 bits per heavy atom. The summed E-state index contributed by atoms with van der Waals surface area (Å²) in [6.07, 6.45) is 0. The van der Waals surface area contributed by atoms with Gasteiger partial charge in [0.05, 0.1) is 20.2 Å². The van der Waals surface area contributed by atoms with Gasteiger partial charge in [-0.1, -0.05) is 36.4 Å². The lowest BCUT2D eigenvalue weighted by atomic mass is 10.1. The zero-order valence-electron chi connectivity index (χ0n) is 17.4. The SMILES string of the molecule is COc1ccccc1OCCNC(=O)CN1CCN(Cc2ccccc2C)CC1. The largest absolute Gasteiger partial charge is 0.493 e. The average molecular weight is 398 g/mol. The molecule has 2 aromatic rings. The van der Waals surface area contributed by atoms with Gasteiger partial charge >= 0.3 is 0 Å². The maximum absolute atomic E-state index is 12.2. The number of para-hydroxylation sites is 2. The standard InChI is InChI=1S/C23H31N3O3/c1-19-7-3-4-8-20(19)17-25-12-14-26(15-13-25)18-23(27)24-11-16-29-22-10-6-5-9-21(22)28-2/h3-10H,11-18H2,1-2H3,(H,24,27). The van der Waals surface area contributed by atoms with E-state index in [9.17, 15) is 4.79 Å². The lowest BCUT2D eigenvalue weighted by Gasteiger charge is -2.34. The lowest BCUT2D eigenvalue weighted by Crippen LogP contribution is -2.49. The second kappa shape index (κ2) is 10.8. The number of carbonyl (C=O) groups is 1. The summed E-state index contributed by atoms with van der Waals surface area (Å²) in [6.45, 7) is 8.26. The van der Waals surface area contributed by atoms with Crippen LogP contribution in [0.15, 0.2) is 48.5 Å². The Balaban J connectivity index is 1.32. The summed E-state index contributed by atoms with van der Waals surface area (Å²) >= 11 is 0. The molecule has 0 aromatic heterocycles. The van der Waals surface area contributed by atoms with E-state index in [0.717, 1.165) is 32.7 Å². The molecule has 1 fully saturated rings. The van der Waals surface area contributed by atoms with Gasteiger partial charge in [0.2, 0.25) is 5.91 Å². The molecule has 0 unspecified atom stereocenters. The van der Waals surface area contributed by atoms with E-state index in [0.29, 0.717) is 31.2 Å².